The molecule has 0 unspecified atom stereocenters. The first-order valence-corrected chi connectivity index (χ1v) is 10.8. The van der Waals surface area contributed by atoms with Crippen molar-refractivity contribution in [2.45, 2.75) is 39.2 Å². The Morgan fingerprint density at radius 1 is 1.35 bits per heavy atom. The molecule has 8 heteroatoms. The number of piperidine rings is 1. The summed E-state index contributed by atoms with van der Waals surface area (Å²) < 4.78 is 0.734. The van der Waals surface area contributed by atoms with Crippen LogP contribution in [0.3, 0.4) is 0 Å². The molecule has 1 saturated heterocycles. The molecule has 0 bridgehead atoms. The van der Waals surface area contributed by atoms with Crippen molar-refractivity contribution in [1.29, 1.82) is 0 Å². The van der Waals surface area contributed by atoms with Gasteiger partial charge in [-0.15, -0.1) is 22.7 Å². The summed E-state index contributed by atoms with van der Waals surface area (Å²) in [5.74, 6) is 0.190. The quantitative estimate of drug-likeness (QED) is 0.813. The average Bonchev–Trinajstić information content (AvgIpc) is 3.23. The van der Waals surface area contributed by atoms with Crippen LogP contribution in [-0.2, 0) is 16.0 Å². The number of hydrogen-bond acceptors (Lipinski definition) is 5. The van der Waals surface area contributed by atoms with Crippen LogP contribution in [-0.4, -0.2) is 40.8 Å². The van der Waals surface area contributed by atoms with Crippen molar-refractivity contribution in [3.05, 3.63) is 27.5 Å². The van der Waals surface area contributed by atoms with E-state index in [1.54, 1.807) is 0 Å². The van der Waals surface area contributed by atoms with Gasteiger partial charge in [-0.1, -0.05) is 11.6 Å². The molecule has 0 aromatic carbocycles. The Hall–Kier alpha value is -1.44. The molecule has 0 spiro atoms. The number of carbonyl (C=O) groups is 2. The first kappa shape index (κ1) is 19.3. The zero-order valence-corrected chi connectivity index (χ0v) is 17.2. The second-order valence-corrected chi connectivity index (χ2v) is 9.32. The number of carbonyl (C=O) groups excluding carboxylic acids is 2. The van der Waals surface area contributed by atoms with Gasteiger partial charge in [0.2, 0.25) is 11.8 Å². The van der Waals surface area contributed by atoms with Crippen LogP contribution < -0.4 is 5.32 Å². The fraction of sp³-hybridized carbons (Fsp3) is 0.500. The lowest BCUT2D eigenvalue weighted by Gasteiger charge is -2.31. The van der Waals surface area contributed by atoms with Crippen LogP contribution >= 0.6 is 34.3 Å². The van der Waals surface area contributed by atoms with Gasteiger partial charge in [0, 0.05) is 30.4 Å². The summed E-state index contributed by atoms with van der Waals surface area (Å²) in [5, 5.41) is 5.79. The van der Waals surface area contributed by atoms with Crippen molar-refractivity contribution in [2.75, 3.05) is 13.1 Å². The van der Waals surface area contributed by atoms with Gasteiger partial charge in [-0.3, -0.25) is 9.59 Å². The van der Waals surface area contributed by atoms with Crippen LogP contribution in [0.4, 0.5) is 0 Å². The molecule has 1 N–H and O–H groups in total. The number of hydrogen-bond donors (Lipinski definition) is 1. The fourth-order valence-corrected chi connectivity index (χ4v) is 4.93. The molecule has 2 aromatic rings. The Labute approximate surface area is 166 Å². The van der Waals surface area contributed by atoms with Crippen molar-refractivity contribution in [3.8, 4) is 9.88 Å². The van der Waals surface area contributed by atoms with Gasteiger partial charge in [-0.25, -0.2) is 4.98 Å². The Balaban J connectivity index is 1.52. The molecular formula is C18H22ClN3O2S2. The molecule has 3 heterocycles. The van der Waals surface area contributed by atoms with Gasteiger partial charge in [0.1, 0.15) is 5.01 Å². The van der Waals surface area contributed by atoms with E-state index in [1.165, 1.54) is 22.7 Å². The normalized spacial score (nSPS) is 15.5. The van der Waals surface area contributed by atoms with Gasteiger partial charge in [0.15, 0.2) is 0 Å². The molecule has 0 radical (unpaired) electrons. The van der Waals surface area contributed by atoms with Gasteiger partial charge >= 0.3 is 0 Å². The minimum absolute atomic E-state index is 0.0101. The molecule has 3 rings (SSSR count). The highest BCUT2D eigenvalue weighted by Crippen LogP contribution is 2.33. The van der Waals surface area contributed by atoms with Crippen molar-refractivity contribution in [3.63, 3.8) is 0 Å². The Kier molecular flexibility index (Phi) is 6.32. The van der Waals surface area contributed by atoms with Gasteiger partial charge in [0.25, 0.3) is 0 Å². The number of amides is 2. The maximum atomic E-state index is 12.5. The number of nitrogens with one attached hydrogen (secondary N) is 1. The van der Waals surface area contributed by atoms with E-state index < -0.39 is 0 Å². The minimum Gasteiger partial charge on any atom is -0.354 e. The van der Waals surface area contributed by atoms with Crippen LogP contribution in [0.25, 0.3) is 9.88 Å². The van der Waals surface area contributed by atoms with Crippen molar-refractivity contribution < 1.29 is 9.59 Å². The number of nitrogens with zero attached hydrogens (tertiary/aromatic N) is 2. The predicted molar refractivity (Wildman–Crippen MR) is 107 cm³/mol. The van der Waals surface area contributed by atoms with E-state index in [4.69, 9.17) is 11.6 Å². The molecule has 1 fully saturated rings. The highest BCUT2D eigenvalue weighted by atomic mass is 35.5. The van der Waals surface area contributed by atoms with E-state index in [0.717, 1.165) is 32.8 Å². The number of thiophene rings is 1. The molecule has 0 saturated carbocycles. The lowest BCUT2D eigenvalue weighted by molar-refractivity contribution is -0.135. The first-order chi connectivity index (χ1) is 12.4. The van der Waals surface area contributed by atoms with Crippen LogP contribution in [0.5, 0.6) is 0 Å². The summed E-state index contributed by atoms with van der Waals surface area (Å²) in [6, 6.07) is 3.96. The molecule has 0 atom stereocenters. The van der Waals surface area contributed by atoms with E-state index >= 15 is 0 Å². The van der Waals surface area contributed by atoms with Crippen molar-refractivity contribution in [2.24, 2.45) is 5.92 Å². The summed E-state index contributed by atoms with van der Waals surface area (Å²) in [6.45, 7) is 5.19. The highest BCUT2D eigenvalue weighted by molar-refractivity contribution is 7.23. The van der Waals surface area contributed by atoms with E-state index in [1.807, 2.05) is 36.3 Å². The average molecular weight is 412 g/mol. The lowest BCUT2D eigenvalue weighted by atomic mass is 9.95. The zero-order chi connectivity index (χ0) is 18.7. The Morgan fingerprint density at radius 3 is 2.69 bits per heavy atom. The molecule has 0 aliphatic carbocycles. The van der Waals surface area contributed by atoms with E-state index in [-0.39, 0.29) is 23.8 Å². The minimum atomic E-state index is 0.0101. The molecule has 26 heavy (non-hydrogen) atoms. The maximum absolute atomic E-state index is 12.5. The summed E-state index contributed by atoms with van der Waals surface area (Å²) in [6.07, 6.45) is 1.75. The van der Waals surface area contributed by atoms with Crippen LogP contribution in [0.15, 0.2) is 17.5 Å². The fourth-order valence-electron chi connectivity index (χ4n) is 2.99. The molecule has 5 nitrogen and oxygen atoms in total. The third kappa shape index (κ3) is 4.84. The van der Waals surface area contributed by atoms with Crippen LogP contribution in [0, 0.1) is 5.92 Å². The molecule has 2 aromatic heterocycles. The van der Waals surface area contributed by atoms with Crippen LogP contribution in [0.2, 0.25) is 4.34 Å². The molecule has 2 amide bonds. The molecule has 1 aliphatic heterocycles. The van der Waals surface area contributed by atoms with Gasteiger partial charge in [-0.2, -0.15) is 0 Å². The Bertz CT molecular complexity index is 779. The monoisotopic (exact) mass is 411 g/mol. The second-order valence-electron chi connectivity index (χ2n) is 6.74. The van der Waals surface area contributed by atoms with Gasteiger partial charge in [0.05, 0.1) is 21.3 Å². The van der Waals surface area contributed by atoms with Crippen molar-refractivity contribution >= 4 is 46.1 Å². The molecule has 1 aliphatic rings. The second kappa shape index (κ2) is 8.50. The lowest BCUT2D eigenvalue weighted by Crippen LogP contribution is -2.44. The summed E-state index contributed by atoms with van der Waals surface area (Å²) in [5.41, 5.74) is 0.791. The van der Waals surface area contributed by atoms with E-state index in [2.05, 4.69) is 10.3 Å². The predicted octanol–water partition coefficient (Wildman–Crippen LogP) is 3.83. The Morgan fingerprint density at radius 2 is 2.08 bits per heavy atom. The SMILES string of the molecule is CC(C)NC(=O)C1CCN(C(=O)Cc2csc(-c3ccc(Cl)s3)n2)CC1. The van der Waals surface area contributed by atoms with E-state index in [9.17, 15) is 9.59 Å². The number of likely N-dealkylation sites (tertiary alicyclic amines) is 1. The number of thiazole rings is 1. The number of rotatable bonds is 5. The largest absolute Gasteiger partial charge is 0.354 e. The zero-order valence-electron chi connectivity index (χ0n) is 14.8. The maximum Gasteiger partial charge on any atom is 0.228 e. The molecule has 140 valence electrons. The summed E-state index contributed by atoms with van der Waals surface area (Å²) >= 11 is 8.99. The van der Waals surface area contributed by atoms with E-state index in [0.29, 0.717) is 19.5 Å². The number of halogens is 1. The highest BCUT2D eigenvalue weighted by Gasteiger charge is 2.27. The summed E-state index contributed by atoms with van der Waals surface area (Å²) in [7, 11) is 0. The summed E-state index contributed by atoms with van der Waals surface area (Å²) in [4.78, 5) is 32.1. The molecular weight excluding hydrogens is 390 g/mol. The standard InChI is InChI=1S/C18H22ClN3O2S2/c1-11(2)20-17(24)12-5-7-22(8-6-12)16(23)9-13-10-25-18(21-13)14-3-4-15(19)26-14/h3-4,10-12H,5-9H2,1-2H3,(H,20,24). The number of aromatic nitrogens is 1. The van der Waals surface area contributed by atoms with Gasteiger partial charge < -0.3 is 10.2 Å². The van der Waals surface area contributed by atoms with Crippen molar-refractivity contribution in [1.82, 2.24) is 15.2 Å². The topological polar surface area (TPSA) is 62.3 Å². The third-order valence-corrected chi connectivity index (χ3v) is 6.61. The third-order valence-electron chi connectivity index (χ3n) is 4.32. The first-order valence-electron chi connectivity index (χ1n) is 8.70. The van der Waals surface area contributed by atoms with Gasteiger partial charge in [-0.05, 0) is 38.8 Å². The van der Waals surface area contributed by atoms with Crippen LogP contribution in [0.1, 0.15) is 32.4 Å². The smallest absolute Gasteiger partial charge is 0.228 e.